The van der Waals surface area contributed by atoms with Crippen molar-refractivity contribution in [2.75, 3.05) is 0 Å². The highest BCUT2D eigenvalue weighted by atomic mass is 32.1. The first-order valence-electron chi connectivity index (χ1n) is 4.72. The van der Waals surface area contributed by atoms with Gasteiger partial charge in [-0.25, -0.2) is 9.98 Å². The zero-order chi connectivity index (χ0) is 10.3. The van der Waals surface area contributed by atoms with Gasteiger partial charge in [0.25, 0.3) is 0 Å². The Hall–Kier alpha value is -1.48. The van der Waals surface area contributed by atoms with Crippen LogP contribution in [0.5, 0.6) is 0 Å². The highest BCUT2D eigenvalue weighted by Crippen LogP contribution is 2.30. The second-order valence-electron chi connectivity index (χ2n) is 3.51. The summed E-state index contributed by atoms with van der Waals surface area (Å²) in [5, 5.41) is 3.89. The zero-order valence-electron chi connectivity index (χ0n) is 8.05. The number of rotatable bonds is 1. The smallest absolute Gasteiger partial charge is 0.186 e. The normalized spacial score (nSPS) is 16.6. The molecule has 3 heteroatoms. The highest BCUT2D eigenvalue weighted by molar-refractivity contribution is 7.10. The first-order chi connectivity index (χ1) is 7.28. The van der Waals surface area contributed by atoms with Crippen LogP contribution in [0.1, 0.15) is 4.88 Å². The lowest BCUT2D eigenvalue weighted by Gasteiger charge is -2.14. The molecule has 1 aliphatic rings. The molecular weight excluding hydrogens is 204 g/mol. The average molecular weight is 213 g/mol. The van der Waals surface area contributed by atoms with E-state index < -0.39 is 5.66 Å². The van der Waals surface area contributed by atoms with E-state index in [2.05, 4.69) is 16.9 Å². The Morgan fingerprint density at radius 2 is 1.67 bits per heavy atom. The molecule has 1 aromatic carbocycles. The molecule has 73 valence electrons. The Kier molecular flexibility index (Phi) is 1.76. The molecule has 0 amide bonds. The van der Waals surface area contributed by atoms with Crippen LogP contribution < -0.4 is 10.7 Å². The molecule has 2 heterocycles. The number of hydrogen-bond acceptors (Lipinski definition) is 3. The summed E-state index contributed by atoms with van der Waals surface area (Å²) in [6.45, 7) is 4.10. The fourth-order valence-electron chi connectivity index (χ4n) is 1.69. The monoisotopic (exact) mass is 213 g/mol. The molecule has 0 N–H and O–H groups in total. The Morgan fingerprint density at radius 3 is 2.20 bits per heavy atom. The van der Waals surface area contributed by atoms with Crippen molar-refractivity contribution >= 4 is 11.3 Å². The van der Waals surface area contributed by atoms with Gasteiger partial charge in [0, 0.05) is 6.92 Å². The van der Waals surface area contributed by atoms with Gasteiger partial charge in [-0.1, -0.05) is 18.2 Å². The predicted molar refractivity (Wildman–Crippen MR) is 60.1 cm³/mol. The summed E-state index contributed by atoms with van der Waals surface area (Å²) in [6.07, 6.45) is 0. The minimum absolute atomic E-state index is 0.655. The summed E-state index contributed by atoms with van der Waals surface area (Å²) in [5.41, 5.74) is -0.655. The zero-order valence-corrected chi connectivity index (χ0v) is 8.87. The molecule has 2 aromatic rings. The second kappa shape index (κ2) is 3.00. The number of benzene rings is 1. The summed E-state index contributed by atoms with van der Waals surface area (Å²) >= 11 is 1.64. The third-order valence-electron chi connectivity index (χ3n) is 2.41. The van der Waals surface area contributed by atoms with Gasteiger partial charge < -0.3 is 0 Å². The Morgan fingerprint density at radius 1 is 1.00 bits per heavy atom. The fraction of sp³-hybridized carbons (Fsp3) is 0.0833. The lowest BCUT2D eigenvalue weighted by molar-refractivity contribution is 0.603. The molecule has 15 heavy (non-hydrogen) atoms. The molecule has 0 aliphatic carbocycles. The second-order valence-corrected chi connectivity index (χ2v) is 4.45. The third-order valence-corrected chi connectivity index (χ3v) is 3.42. The van der Waals surface area contributed by atoms with Gasteiger partial charge in [-0.05, 0) is 23.6 Å². The third kappa shape index (κ3) is 1.31. The molecule has 0 spiro atoms. The molecule has 0 bridgehead atoms. The van der Waals surface area contributed by atoms with Crippen LogP contribution in [-0.2, 0) is 5.66 Å². The van der Waals surface area contributed by atoms with E-state index in [-0.39, 0.29) is 0 Å². The predicted octanol–water partition coefficient (Wildman–Crippen LogP) is 1.69. The SMILES string of the molecule is [CH2]C1(c2cccs2)N=c2ccccc2=N1. The summed E-state index contributed by atoms with van der Waals surface area (Å²) in [7, 11) is 0. The molecule has 0 saturated carbocycles. The van der Waals surface area contributed by atoms with Crippen molar-refractivity contribution in [2.24, 2.45) is 9.98 Å². The molecular formula is C12H9N2S. The van der Waals surface area contributed by atoms with E-state index in [1.54, 1.807) is 11.3 Å². The lowest BCUT2D eigenvalue weighted by Crippen LogP contribution is -2.19. The average Bonchev–Trinajstić information content (AvgIpc) is 2.83. The molecule has 0 fully saturated rings. The van der Waals surface area contributed by atoms with E-state index in [0.717, 1.165) is 15.6 Å². The van der Waals surface area contributed by atoms with Crippen LogP contribution >= 0.6 is 11.3 Å². The van der Waals surface area contributed by atoms with Gasteiger partial charge in [-0.3, -0.25) is 0 Å². The van der Waals surface area contributed by atoms with Gasteiger partial charge >= 0.3 is 0 Å². The number of hydrogen-bond donors (Lipinski definition) is 0. The van der Waals surface area contributed by atoms with Crippen molar-refractivity contribution in [3.05, 3.63) is 64.3 Å². The number of para-hydroxylation sites is 2. The first kappa shape index (κ1) is 8.80. The Bertz CT molecular complexity index is 564. The van der Waals surface area contributed by atoms with E-state index in [4.69, 9.17) is 0 Å². The van der Waals surface area contributed by atoms with Crippen molar-refractivity contribution in [2.45, 2.75) is 5.66 Å². The van der Waals surface area contributed by atoms with Gasteiger partial charge in [0.2, 0.25) is 0 Å². The minimum Gasteiger partial charge on any atom is -0.248 e. The van der Waals surface area contributed by atoms with Crippen LogP contribution in [0.25, 0.3) is 0 Å². The summed E-state index contributed by atoms with van der Waals surface area (Å²) in [4.78, 5) is 10.2. The van der Waals surface area contributed by atoms with E-state index >= 15 is 0 Å². The molecule has 1 radical (unpaired) electrons. The molecule has 1 aromatic heterocycles. The van der Waals surface area contributed by atoms with E-state index in [1.165, 1.54) is 0 Å². The summed E-state index contributed by atoms with van der Waals surface area (Å²) in [6, 6.07) is 11.9. The van der Waals surface area contributed by atoms with Crippen molar-refractivity contribution in [1.29, 1.82) is 0 Å². The van der Waals surface area contributed by atoms with E-state index in [0.29, 0.717) is 0 Å². The van der Waals surface area contributed by atoms with Gasteiger partial charge in [0.1, 0.15) is 0 Å². The minimum atomic E-state index is -0.655. The highest BCUT2D eigenvalue weighted by Gasteiger charge is 2.28. The largest absolute Gasteiger partial charge is 0.248 e. The summed E-state index contributed by atoms with van der Waals surface area (Å²) in [5.74, 6) is 0. The molecule has 2 nitrogen and oxygen atoms in total. The molecule has 0 saturated heterocycles. The first-order valence-corrected chi connectivity index (χ1v) is 5.60. The Balaban J connectivity index is 2.25. The van der Waals surface area contributed by atoms with Crippen molar-refractivity contribution in [3.63, 3.8) is 0 Å². The summed E-state index contributed by atoms with van der Waals surface area (Å²) < 4.78 is 0. The van der Waals surface area contributed by atoms with Crippen LogP contribution in [0, 0.1) is 6.92 Å². The topological polar surface area (TPSA) is 24.7 Å². The van der Waals surface area contributed by atoms with Crippen molar-refractivity contribution < 1.29 is 0 Å². The van der Waals surface area contributed by atoms with Crippen LogP contribution in [0.3, 0.4) is 0 Å². The maximum Gasteiger partial charge on any atom is 0.186 e. The maximum atomic E-state index is 4.56. The Labute approximate surface area is 91.6 Å². The van der Waals surface area contributed by atoms with Crippen LogP contribution in [0.2, 0.25) is 0 Å². The van der Waals surface area contributed by atoms with Gasteiger partial charge in [0.05, 0.1) is 15.6 Å². The number of fused-ring (bicyclic) bond motifs is 1. The van der Waals surface area contributed by atoms with E-state index in [9.17, 15) is 0 Å². The number of thiophene rings is 1. The molecule has 1 aliphatic heterocycles. The maximum absolute atomic E-state index is 4.56. The van der Waals surface area contributed by atoms with Gasteiger partial charge in [-0.15, -0.1) is 11.3 Å². The van der Waals surface area contributed by atoms with Gasteiger partial charge in [-0.2, -0.15) is 0 Å². The lowest BCUT2D eigenvalue weighted by atomic mass is 10.2. The van der Waals surface area contributed by atoms with Crippen LogP contribution in [0.15, 0.2) is 51.8 Å². The fourth-order valence-corrected chi connectivity index (χ4v) is 2.43. The number of nitrogens with zero attached hydrogens (tertiary/aromatic N) is 2. The molecule has 0 atom stereocenters. The quantitative estimate of drug-likeness (QED) is 0.688. The van der Waals surface area contributed by atoms with Crippen molar-refractivity contribution in [3.8, 4) is 0 Å². The molecule has 3 rings (SSSR count). The molecule has 0 unspecified atom stereocenters. The standard InChI is InChI=1S/C12H9N2S/c1-12(11-7-4-8-15-11)13-9-5-2-3-6-10(9)14-12/h2-8H,1H2. The van der Waals surface area contributed by atoms with Crippen LogP contribution in [-0.4, -0.2) is 0 Å². The van der Waals surface area contributed by atoms with Gasteiger partial charge in [0.15, 0.2) is 5.66 Å². The van der Waals surface area contributed by atoms with Crippen LogP contribution in [0.4, 0.5) is 0 Å². The van der Waals surface area contributed by atoms with Crippen molar-refractivity contribution in [1.82, 2.24) is 0 Å². The van der Waals surface area contributed by atoms with E-state index in [1.807, 2.05) is 41.8 Å².